The van der Waals surface area contributed by atoms with E-state index in [2.05, 4.69) is 36.5 Å². The van der Waals surface area contributed by atoms with Gasteiger partial charge in [0.1, 0.15) is 5.75 Å². The van der Waals surface area contributed by atoms with Crippen molar-refractivity contribution in [3.8, 4) is 5.75 Å². The number of hydrogen-bond donors (Lipinski definition) is 1. The molecular weight excluding hydrogens is 400 g/mol. The molecule has 6 nitrogen and oxygen atoms in total. The van der Waals surface area contributed by atoms with Crippen LogP contribution in [0.15, 0.2) is 53.4 Å². The van der Waals surface area contributed by atoms with Gasteiger partial charge >= 0.3 is 0 Å². The summed E-state index contributed by atoms with van der Waals surface area (Å²) in [5, 5.41) is 3.01. The SMILES string of the molecule is COc1ccc(S(=O)(=O)N2CCC(C(=O)NCCCc3cccc(C)c3)CC2)cc1. The minimum Gasteiger partial charge on any atom is -0.497 e. The number of nitrogens with one attached hydrogen (secondary N) is 1. The van der Waals surface area contributed by atoms with Crippen LogP contribution in [0.5, 0.6) is 5.75 Å². The van der Waals surface area contributed by atoms with Crippen molar-refractivity contribution in [3.63, 3.8) is 0 Å². The maximum atomic E-state index is 12.8. The Morgan fingerprint density at radius 3 is 2.47 bits per heavy atom. The fraction of sp³-hybridized carbons (Fsp3) is 0.435. The molecule has 7 heteroatoms. The maximum absolute atomic E-state index is 12.8. The molecule has 2 aromatic rings. The summed E-state index contributed by atoms with van der Waals surface area (Å²) in [7, 11) is -2.00. The Balaban J connectivity index is 1.44. The normalized spacial score (nSPS) is 15.7. The molecule has 0 aliphatic carbocycles. The topological polar surface area (TPSA) is 75.7 Å². The Kier molecular flexibility index (Phi) is 7.50. The van der Waals surface area contributed by atoms with E-state index < -0.39 is 10.0 Å². The average molecular weight is 431 g/mol. The number of amides is 1. The summed E-state index contributed by atoms with van der Waals surface area (Å²) in [6, 6.07) is 14.8. The highest BCUT2D eigenvalue weighted by atomic mass is 32.2. The highest BCUT2D eigenvalue weighted by Gasteiger charge is 2.31. The fourth-order valence-electron chi connectivity index (χ4n) is 3.77. The van der Waals surface area contributed by atoms with Crippen molar-refractivity contribution in [2.24, 2.45) is 5.92 Å². The zero-order valence-corrected chi connectivity index (χ0v) is 18.5. The number of aryl methyl sites for hydroxylation is 2. The third kappa shape index (κ3) is 5.61. The number of hydrogen-bond acceptors (Lipinski definition) is 4. The Morgan fingerprint density at radius 1 is 1.13 bits per heavy atom. The van der Waals surface area contributed by atoms with E-state index in [1.807, 2.05) is 0 Å². The standard InChI is InChI=1S/C23H30N2O4S/c1-18-5-3-6-19(17-18)7-4-14-24-23(26)20-12-15-25(16-13-20)30(27,28)22-10-8-21(29-2)9-11-22/h3,5-6,8-11,17,20H,4,7,12-16H2,1-2H3,(H,24,26). The van der Waals surface area contributed by atoms with Gasteiger partial charge in [-0.2, -0.15) is 4.31 Å². The minimum atomic E-state index is -3.55. The molecular formula is C23H30N2O4S. The first-order valence-electron chi connectivity index (χ1n) is 10.4. The lowest BCUT2D eigenvalue weighted by Gasteiger charge is -2.30. The molecule has 0 atom stereocenters. The number of sulfonamides is 1. The quantitative estimate of drug-likeness (QED) is 0.653. The van der Waals surface area contributed by atoms with Gasteiger partial charge in [0, 0.05) is 25.6 Å². The van der Waals surface area contributed by atoms with Crippen molar-refractivity contribution in [3.05, 3.63) is 59.7 Å². The van der Waals surface area contributed by atoms with E-state index in [4.69, 9.17) is 4.74 Å². The predicted octanol–water partition coefficient (Wildman–Crippen LogP) is 3.15. The van der Waals surface area contributed by atoms with E-state index >= 15 is 0 Å². The molecule has 0 unspecified atom stereocenters. The van der Waals surface area contributed by atoms with Crippen molar-refractivity contribution in [2.75, 3.05) is 26.7 Å². The Morgan fingerprint density at radius 2 is 1.83 bits per heavy atom. The third-order valence-electron chi connectivity index (χ3n) is 5.55. The molecule has 0 spiro atoms. The molecule has 0 saturated carbocycles. The first-order valence-corrected chi connectivity index (χ1v) is 11.8. The number of benzene rings is 2. The summed E-state index contributed by atoms with van der Waals surface area (Å²) >= 11 is 0. The summed E-state index contributed by atoms with van der Waals surface area (Å²) < 4.78 is 32.2. The zero-order valence-electron chi connectivity index (χ0n) is 17.6. The van der Waals surface area contributed by atoms with Crippen molar-refractivity contribution in [1.29, 1.82) is 0 Å². The number of carbonyl (C=O) groups excluding carboxylic acids is 1. The van der Waals surface area contributed by atoms with E-state index in [0.29, 0.717) is 38.2 Å². The third-order valence-corrected chi connectivity index (χ3v) is 7.46. The summed E-state index contributed by atoms with van der Waals surface area (Å²) in [5.41, 5.74) is 2.52. The Bertz CT molecular complexity index is 949. The van der Waals surface area contributed by atoms with Crippen LogP contribution in [-0.4, -0.2) is 45.4 Å². The van der Waals surface area contributed by atoms with Crippen molar-refractivity contribution < 1.29 is 17.9 Å². The van der Waals surface area contributed by atoms with Gasteiger partial charge < -0.3 is 10.1 Å². The largest absolute Gasteiger partial charge is 0.497 e. The van der Waals surface area contributed by atoms with Crippen LogP contribution in [0.2, 0.25) is 0 Å². The molecule has 0 aromatic heterocycles. The second-order valence-corrected chi connectivity index (χ2v) is 9.68. The molecule has 1 fully saturated rings. The van der Waals surface area contributed by atoms with Crippen LogP contribution in [0.1, 0.15) is 30.4 Å². The van der Waals surface area contributed by atoms with Gasteiger partial charge in [0.15, 0.2) is 0 Å². The van der Waals surface area contributed by atoms with Gasteiger partial charge in [0.2, 0.25) is 15.9 Å². The highest BCUT2D eigenvalue weighted by molar-refractivity contribution is 7.89. The average Bonchev–Trinajstić information content (AvgIpc) is 2.77. The van der Waals surface area contributed by atoms with E-state index in [9.17, 15) is 13.2 Å². The number of ether oxygens (including phenoxy) is 1. The lowest BCUT2D eigenvalue weighted by atomic mass is 9.97. The van der Waals surface area contributed by atoms with Crippen molar-refractivity contribution in [2.45, 2.75) is 37.5 Å². The number of methoxy groups -OCH3 is 1. The molecule has 162 valence electrons. The second kappa shape index (κ2) is 10.1. The first kappa shape index (κ1) is 22.3. The Labute approximate surface area is 179 Å². The monoisotopic (exact) mass is 430 g/mol. The number of carbonyl (C=O) groups is 1. The molecule has 1 amide bonds. The summed E-state index contributed by atoms with van der Waals surface area (Å²) in [4.78, 5) is 12.7. The van der Waals surface area contributed by atoms with Crippen LogP contribution in [0, 0.1) is 12.8 Å². The van der Waals surface area contributed by atoms with Gasteiger partial charge in [-0.05, 0) is 62.4 Å². The van der Waals surface area contributed by atoms with Crippen LogP contribution in [0.25, 0.3) is 0 Å². The van der Waals surface area contributed by atoms with Crippen LogP contribution in [0.3, 0.4) is 0 Å². The molecule has 3 rings (SSSR count). The van der Waals surface area contributed by atoms with Gasteiger partial charge in [-0.3, -0.25) is 4.79 Å². The summed E-state index contributed by atoms with van der Waals surface area (Å²) in [6.07, 6.45) is 2.90. The zero-order chi connectivity index (χ0) is 21.6. The van der Waals surface area contributed by atoms with E-state index in [1.165, 1.54) is 15.4 Å². The Hall–Kier alpha value is -2.38. The molecule has 1 aliphatic heterocycles. The number of rotatable bonds is 8. The van der Waals surface area contributed by atoms with Gasteiger partial charge in [0.05, 0.1) is 12.0 Å². The minimum absolute atomic E-state index is 0.0285. The van der Waals surface area contributed by atoms with E-state index in [-0.39, 0.29) is 16.7 Å². The molecule has 1 heterocycles. The number of piperidine rings is 1. The predicted molar refractivity (Wildman–Crippen MR) is 117 cm³/mol. The van der Waals surface area contributed by atoms with Gasteiger partial charge in [0.25, 0.3) is 0 Å². The maximum Gasteiger partial charge on any atom is 0.243 e. The first-order chi connectivity index (χ1) is 14.4. The van der Waals surface area contributed by atoms with E-state index in [0.717, 1.165) is 12.8 Å². The van der Waals surface area contributed by atoms with Crippen molar-refractivity contribution in [1.82, 2.24) is 9.62 Å². The molecule has 30 heavy (non-hydrogen) atoms. The van der Waals surface area contributed by atoms with Crippen LogP contribution >= 0.6 is 0 Å². The van der Waals surface area contributed by atoms with Crippen LogP contribution in [0.4, 0.5) is 0 Å². The molecule has 1 saturated heterocycles. The molecule has 1 N–H and O–H groups in total. The lowest BCUT2D eigenvalue weighted by molar-refractivity contribution is -0.126. The van der Waals surface area contributed by atoms with Gasteiger partial charge in [-0.25, -0.2) is 8.42 Å². The van der Waals surface area contributed by atoms with Gasteiger partial charge in [-0.1, -0.05) is 29.8 Å². The fourth-order valence-corrected chi connectivity index (χ4v) is 5.24. The summed E-state index contributed by atoms with van der Waals surface area (Å²) in [5.74, 6) is 0.513. The lowest BCUT2D eigenvalue weighted by Crippen LogP contribution is -2.43. The molecule has 1 aliphatic rings. The second-order valence-electron chi connectivity index (χ2n) is 7.74. The molecule has 0 bridgehead atoms. The number of nitrogens with zero attached hydrogens (tertiary/aromatic N) is 1. The summed E-state index contributed by atoms with van der Waals surface area (Å²) in [6.45, 7) is 3.43. The van der Waals surface area contributed by atoms with Crippen LogP contribution < -0.4 is 10.1 Å². The smallest absolute Gasteiger partial charge is 0.243 e. The van der Waals surface area contributed by atoms with Crippen LogP contribution in [-0.2, 0) is 21.2 Å². The molecule has 0 radical (unpaired) electrons. The van der Waals surface area contributed by atoms with Gasteiger partial charge in [-0.15, -0.1) is 0 Å². The highest BCUT2D eigenvalue weighted by Crippen LogP contribution is 2.25. The van der Waals surface area contributed by atoms with Crippen molar-refractivity contribution >= 4 is 15.9 Å². The molecule has 2 aromatic carbocycles. The van der Waals surface area contributed by atoms with E-state index in [1.54, 1.807) is 31.4 Å².